The van der Waals surface area contributed by atoms with Gasteiger partial charge in [0.1, 0.15) is 23.9 Å². The molecule has 0 fully saturated rings. The zero-order valence-corrected chi connectivity index (χ0v) is 14.6. The summed E-state index contributed by atoms with van der Waals surface area (Å²) in [6.07, 6.45) is 0.620. The number of benzene rings is 2. The first kappa shape index (κ1) is 16.8. The summed E-state index contributed by atoms with van der Waals surface area (Å²) in [7, 11) is 0. The van der Waals surface area contributed by atoms with Gasteiger partial charge in [0.05, 0.1) is 16.7 Å². The molecule has 0 saturated heterocycles. The highest BCUT2D eigenvalue weighted by atomic mass is 16.5. The van der Waals surface area contributed by atoms with E-state index in [0.717, 1.165) is 28.3 Å². The van der Waals surface area contributed by atoms with E-state index in [2.05, 4.69) is 25.5 Å². The van der Waals surface area contributed by atoms with Gasteiger partial charge in [-0.15, -0.1) is 0 Å². The van der Waals surface area contributed by atoms with E-state index in [0.29, 0.717) is 25.3 Å². The minimum Gasteiger partial charge on any atom is -0.487 e. The molecular weight excluding hydrogens is 342 g/mol. The Bertz CT molecular complexity index is 1010. The maximum atomic E-state index is 12.2. The fraction of sp³-hybridized carbons (Fsp3) is 0.150. The van der Waals surface area contributed by atoms with Gasteiger partial charge in [-0.05, 0) is 30.3 Å². The van der Waals surface area contributed by atoms with Crippen molar-refractivity contribution in [3.63, 3.8) is 0 Å². The highest BCUT2D eigenvalue weighted by Crippen LogP contribution is 2.12. The van der Waals surface area contributed by atoms with E-state index in [4.69, 9.17) is 4.74 Å². The highest BCUT2D eigenvalue weighted by molar-refractivity contribution is 5.92. The fourth-order valence-corrected chi connectivity index (χ4v) is 2.74. The van der Waals surface area contributed by atoms with Gasteiger partial charge in [-0.3, -0.25) is 9.89 Å². The molecule has 7 heteroatoms. The van der Waals surface area contributed by atoms with Crippen LogP contribution in [0.2, 0.25) is 0 Å². The number of carbonyl (C=O) groups is 1. The van der Waals surface area contributed by atoms with Crippen molar-refractivity contribution in [2.24, 2.45) is 0 Å². The normalized spacial score (nSPS) is 10.8. The van der Waals surface area contributed by atoms with Gasteiger partial charge in [-0.2, -0.15) is 5.10 Å². The number of imidazole rings is 1. The van der Waals surface area contributed by atoms with E-state index in [1.165, 1.54) is 0 Å². The molecule has 0 saturated carbocycles. The van der Waals surface area contributed by atoms with Crippen molar-refractivity contribution in [2.75, 3.05) is 6.54 Å². The van der Waals surface area contributed by atoms with E-state index >= 15 is 0 Å². The molecule has 136 valence electrons. The van der Waals surface area contributed by atoms with E-state index in [1.54, 1.807) is 6.07 Å². The minimum atomic E-state index is -0.228. The van der Waals surface area contributed by atoms with Crippen molar-refractivity contribution in [2.45, 2.75) is 13.0 Å². The largest absolute Gasteiger partial charge is 0.487 e. The molecule has 0 unspecified atom stereocenters. The monoisotopic (exact) mass is 361 g/mol. The highest BCUT2D eigenvalue weighted by Gasteiger charge is 2.11. The lowest BCUT2D eigenvalue weighted by Gasteiger charge is -2.03. The number of para-hydroxylation sites is 3. The van der Waals surface area contributed by atoms with Crippen molar-refractivity contribution < 1.29 is 9.53 Å². The molecule has 3 N–H and O–H groups in total. The molecule has 4 aromatic rings. The van der Waals surface area contributed by atoms with Crippen LogP contribution in [0.25, 0.3) is 11.0 Å². The van der Waals surface area contributed by atoms with Crippen LogP contribution < -0.4 is 10.1 Å². The summed E-state index contributed by atoms with van der Waals surface area (Å²) in [5.74, 6) is 1.38. The summed E-state index contributed by atoms with van der Waals surface area (Å²) in [6.45, 7) is 0.796. The third kappa shape index (κ3) is 4.14. The lowest BCUT2D eigenvalue weighted by molar-refractivity contribution is 0.0949. The molecule has 2 aromatic carbocycles. The average molecular weight is 361 g/mol. The zero-order valence-electron chi connectivity index (χ0n) is 14.6. The number of nitrogens with one attached hydrogen (secondary N) is 3. The number of H-pyrrole nitrogens is 2. The fourth-order valence-electron chi connectivity index (χ4n) is 2.74. The number of ether oxygens (including phenoxy) is 1. The lowest BCUT2D eigenvalue weighted by atomic mass is 10.3. The Balaban J connectivity index is 1.27. The molecule has 0 aliphatic carbocycles. The second kappa shape index (κ2) is 7.74. The number of nitrogens with zero attached hydrogens (tertiary/aromatic N) is 2. The van der Waals surface area contributed by atoms with Crippen molar-refractivity contribution in [1.29, 1.82) is 0 Å². The number of rotatable bonds is 7. The molecule has 1 amide bonds. The minimum absolute atomic E-state index is 0.228. The second-order valence-electron chi connectivity index (χ2n) is 6.09. The summed E-state index contributed by atoms with van der Waals surface area (Å²) in [4.78, 5) is 20.0. The van der Waals surface area contributed by atoms with Gasteiger partial charge in [0.25, 0.3) is 5.91 Å². The third-order valence-corrected chi connectivity index (χ3v) is 4.09. The van der Waals surface area contributed by atoms with Crippen LogP contribution >= 0.6 is 0 Å². The maximum absolute atomic E-state index is 12.2. The first-order chi connectivity index (χ1) is 13.3. The number of hydrogen-bond acceptors (Lipinski definition) is 4. The molecule has 0 aliphatic heterocycles. The van der Waals surface area contributed by atoms with Crippen molar-refractivity contribution in [1.82, 2.24) is 25.5 Å². The molecule has 2 heterocycles. The quantitative estimate of drug-likeness (QED) is 0.472. The number of carbonyl (C=O) groups excluding carboxylic acids is 1. The van der Waals surface area contributed by atoms with Gasteiger partial charge in [0.2, 0.25) is 0 Å². The molecule has 0 aliphatic rings. The lowest BCUT2D eigenvalue weighted by Crippen LogP contribution is -2.26. The van der Waals surface area contributed by atoms with Gasteiger partial charge in [0.15, 0.2) is 0 Å². The van der Waals surface area contributed by atoms with Crippen LogP contribution in [0.15, 0.2) is 60.7 Å². The van der Waals surface area contributed by atoms with Crippen LogP contribution in [-0.4, -0.2) is 32.6 Å². The number of fused-ring (bicyclic) bond motifs is 1. The van der Waals surface area contributed by atoms with E-state index in [1.807, 2.05) is 54.6 Å². The topological polar surface area (TPSA) is 95.7 Å². The molecule has 4 rings (SSSR count). The summed E-state index contributed by atoms with van der Waals surface area (Å²) in [5.41, 5.74) is 3.00. The van der Waals surface area contributed by atoms with Crippen LogP contribution in [0.1, 0.15) is 22.0 Å². The Labute approximate surface area is 155 Å². The first-order valence-electron chi connectivity index (χ1n) is 8.72. The summed E-state index contributed by atoms with van der Waals surface area (Å²) >= 11 is 0. The van der Waals surface area contributed by atoms with Crippen LogP contribution in [0.4, 0.5) is 0 Å². The number of hydrogen-bond donors (Lipinski definition) is 3. The number of aromatic amines is 2. The van der Waals surface area contributed by atoms with Crippen molar-refractivity contribution in [3.05, 3.63) is 77.9 Å². The predicted molar refractivity (Wildman–Crippen MR) is 101 cm³/mol. The van der Waals surface area contributed by atoms with E-state index < -0.39 is 0 Å². The summed E-state index contributed by atoms with van der Waals surface area (Å²) in [5, 5.41) is 9.73. The van der Waals surface area contributed by atoms with Gasteiger partial charge in [-0.25, -0.2) is 4.98 Å². The molecule has 0 spiro atoms. The van der Waals surface area contributed by atoms with Crippen LogP contribution in [0.5, 0.6) is 5.75 Å². The molecule has 0 radical (unpaired) electrons. The molecule has 0 atom stereocenters. The Morgan fingerprint density at radius 1 is 1.07 bits per heavy atom. The predicted octanol–water partition coefficient (Wildman–Crippen LogP) is 2.84. The van der Waals surface area contributed by atoms with Gasteiger partial charge in [-0.1, -0.05) is 30.3 Å². The Morgan fingerprint density at radius 3 is 2.74 bits per heavy atom. The van der Waals surface area contributed by atoms with Gasteiger partial charge >= 0.3 is 0 Å². The first-order valence-corrected chi connectivity index (χ1v) is 8.72. The standard InChI is InChI=1S/C20H19N5O2/c26-20(21-11-10-19-22-16-8-4-5-9-17(16)23-19)18-12-14(24-25-18)13-27-15-6-2-1-3-7-15/h1-9,12H,10-11,13H2,(H,21,26)(H,22,23)(H,24,25). The zero-order chi connectivity index (χ0) is 18.5. The van der Waals surface area contributed by atoms with E-state index in [-0.39, 0.29) is 5.91 Å². The molecule has 7 nitrogen and oxygen atoms in total. The van der Waals surface area contributed by atoms with Crippen molar-refractivity contribution >= 4 is 16.9 Å². The Hall–Kier alpha value is -3.61. The average Bonchev–Trinajstić information content (AvgIpc) is 3.34. The van der Waals surface area contributed by atoms with Gasteiger partial charge in [0, 0.05) is 13.0 Å². The third-order valence-electron chi connectivity index (χ3n) is 4.09. The summed E-state index contributed by atoms with van der Waals surface area (Å²) in [6, 6.07) is 19.0. The van der Waals surface area contributed by atoms with E-state index in [9.17, 15) is 4.79 Å². The smallest absolute Gasteiger partial charge is 0.271 e. The Morgan fingerprint density at radius 2 is 1.89 bits per heavy atom. The van der Waals surface area contributed by atoms with Crippen molar-refractivity contribution in [3.8, 4) is 5.75 Å². The molecule has 27 heavy (non-hydrogen) atoms. The Kier molecular flexibility index (Phi) is 4.82. The number of amides is 1. The van der Waals surface area contributed by atoms with Crippen LogP contribution in [0, 0.1) is 0 Å². The molecular formula is C20H19N5O2. The molecule has 0 bridgehead atoms. The molecule has 2 aromatic heterocycles. The van der Waals surface area contributed by atoms with Crippen LogP contribution in [-0.2, 0) is 13.0 Å². The van der Waals surface area contributed by atoms with Crippen LogP contribution in [0.3, 0.4) is 0 Å². The SMILES string of the molecule is O=C(NCCc1nc2ccccc2[nH]1)c1cc(COc2ccccc2)[nH]n1. The summed E-state index contributed by atoms with van der Waals surface area (Å²) < 4.78 is 5.64. The maximum Gasteiger partial charge on any atom is 0.271 e. The number of aromatic nitrogens is 4. The second-order valence-corrected chi connectivity index (χ2v) is 6.09. The van der Waals surface area contributed by atoms with Gasteiger partial charge < -0.3 is 15.0 Å².